The Balaban J connectivity index is 3.02. The number of oxime groups is 1. The van der Waals surface area contributed by atoms with Crippen molar-refractivity contribution in [3.05, 3.63) is 35.4 Å². The Morgan fingerprint density at radius 2 is 2.27 bits per heavy atom. The third-order valence-electron chi connectivity index (χ3n) is 1.64. The van der Waals surface area contributed by atoms with Crippen molar-refractivity contribution in [1.82, 2.24) is 0 Å². The van der Waals surface area contributed by atoms with Crippen LogP contribution in [0.15, 0.2) is 29.4 Å². The van der Waals surface area contributed by atoms with Gasteiger partial charge in [0.1, 0.15) is 0 Å². The highest BCUT2D eigenvalue weighted by molar-refractivity contribution is 5.90. The topological polar surface area (TPSA) is 58.9 Å². The Hall–Kier alpha value is -2.28. The van der Waals surface area contributed by atoms with Crippen molar-refractivity contribution in [3.8, 4) is 11.8 Å². The van der Waals surface area contributed by atoms with Gasteiger partial charge in [0.25, 0.3) is 0 Å². The minimum Gasteiger partial charge on any atom is -0.459 e. The first-order chi connectivity index (χ1) is 7.27. The van der Waals surface area contributed by atoms with Crippen LogP contribution in [0.1, 0.15) is 11.1 Å². The zero-order valence-electron chi connectivity index (χ0n) is 8.10. The van der Waals surface area contributed by atoms with E-state index in [1.165, 1.54) is 13.3 Å². The molecule has 0 bridgehead atoms. The van der Waals surface area contributed by atoms with Crippen molar-refractivity contribution in [2.75, 3.05) is 7.11 Å². The van der Waals surface area contributed by atoms with Crippen LogP contribution in [0.2, 0.25) is 0 Å². The maximum absolute atomic E-state index is 10.8. The predicted molar refractivity (Wildman–Crippen MR) is 54.7 cm³/mol. The van der Waals surface area contributed by atoms with E-state index in [0.29, 0.717) is 11.1 Å². The van der Waals surface area contributed by atoms with Crippen LogP contribution in [0.4, 0.5) is 0 Å². The average molecular weight is 203 g/mol. The number of hydrogen-bond acceptors (Lipinski definition) is 4. The summed E-state index contributed by atoms with van der Waals surface area (Å²) in [5.41, 5.74) is 1.23. The molecule has 0 fully saturated rings. The minimum absolute atomic E-state index is 0.598. The lowest BCUT2D eigenvalue weighted by molar-refractivity contribution is -0.133. The molecular weight excluding hydrogens is 194 g/mol. The Morgan fingerprint density at radius 3 is 2.93 bits per heavy atom. The first-order valence-electron chi connectivity index (χ1n) is 4.14. The normalized spacial score (nSPS) is 9.40. The van der Waals surface area contributed by atoms with Crippen LogP contribution in [0.25, 0.3) is 0 Å². The summed E-state index contributed by atoms with van der Waals surface area (Å²) in [6.07, 6.45) is 1.25. The van der Waals surface area contributed by atoms with Crippen molar-refractivity contribution in [1.29, 1.82) is 0 Å². The van der Waals surface area contributed by atoms with E-state index in [2.05, 4.69) is 21.7 Å². The van der Waals surface area contributed by atoms with E-state index >= 15 is 0 Å². The molecule has 0 atom stereocenters. The summed E-state index contributed by atoms with van der Waals surface area (Å²) >= 11 is 0. The summed E-state index contributed by atoms with van der Waals surface area (Å²) in [6, 6.07) is 6.99. The molecule has 1 N–H and O–H groups in total. The van der Waals surface area contributed by atoms with Gasteiger partial charge in [0.05, 0.1) is 13.3 Å². The molecule has 4 heteroatoms. The van der Waals surface area contributed by atoms with Gasteiger partial charge in [-0.15, -0.1) is 0 Å². The first kappa shape index (κ1) is 10.8. The fraction of sp³-hybridized carbons (Fsp3) is 0.0909. The average Bonchev–Trinajstić information content (AvgIpc) is 2.28. The van der Waals surface area contributed by atoms with Gasteiger partial charge >= 0.3 is 5.97 Å². The van der Waals surface area contributed by atoms with Crippen LogP contribution in [-0.2, 0) is 9.53 Å². The van der Waals surface area contributed by atoms with Crippen molar-refractivity contribution >= 4 is 12.2 Å². The summed E-state index contributed by atoms with van der Waals surface area (Å²) in [6.45, 7) is 0. The Labute approximate surface area is 87.2 Å². The number of nitrogens with zero attached hydrogens (tertiary/aromatic N) is 1. The summed E-state index contributed by atoms with van der Waals surface area (Å²) in [5.74, 6) is 4.31. The molecule has 1 aromatic rings. The molecule has 0 aliphatic heterocycles. The van der Waals surface area contributed by atoms with Crippen LogP contribution in [0, 0.1) is 11.8 Å². The molecule has 0 aliphatic rings. The molecule has 1 rings (SSSR count). The van der Waals surface area contributed by atoms with Gasteiger partial charge in [-0.1, -0.05) is 29.3 Å². The standard InChI is InChI=1S/C11H9NO3/c1-15-11(13)7-6-9-4-2-3-5-10(9)8-12-14/h2-5,8,14H,1H3. The second-order valence-electron chi connectivity index (χ2n) is 2.57. The monoisotopic (exact) mass is 203 g/mol. The van der Waals surface area contributed by atoms with Crippen LogP contribution in [0.3, 0.4) is 0 Å². The van der Waals surface area contributed by atoms with E-state index < -0.39 is 5.97 Å². The van der Waals surface area contributed by atoms with E-state index in [0.717, 1.165) is 0 Å². The lowest BCUT2D eigenvalue weighted by Gasteiger charge is -1.95. The number of rotatable bonds is 1. The fourth-order valence-corrected chi connectivity index (χ4v) is 0.955. The van der Waals surface area contributed by atoms with Crippen molar-refractivity contribution in [2.45, 2.75) is 0 Å². The van der Waals surface area contributed by atoms with Gasteiger partial charge < -0.3 is 9.94 Å². The van der Waals surface area contributed by atoms with Gasteiger partial charge in [0.15, 0.2) is 0 Å². The number of hydrogen-bond donors (Lipinski definition) is 1. The molecule has 0 aromatic heterocycles. The minimum atomic E-state index is -0.606. The van der Waals surface area contributed by atoms with Crippen LogP contribution >= 0.6 is 0 Å². The molecule has 0 heterocycles. The Kier molecular flexibility index (Phi) is 3.92. The smallest absolute Gasteiger partial charge is 0.384 e. The zero-order chi connectivity index (χ0) is 11.1. The van der Waals surface area contributed by atoms with E-state index in [1.807, 2.05) is 0 Å². The van der Waals surface area contributed by atoms with Crippen LogP contribution in [0.5, 0.6) is 0 Å². The van der Waals surface area contributed by atoms with E-state index in [1.54, 1.807) is 24.3 Å². The van der Waals surface area contributed by atoms with E-state index in [4.69, 9.17) is 5.21 Å². The summed E-state index contributed by atoms with van der Waals surface area (Å²) in [5, 5.41) is 11.3. The maximum Gasteiger partial charge on any atom is 0.384 e. The van der Waals surface area contributed by atoms with Gasteiger partial charge in [-0.05, 0) is 6.07 Å². The Bertz CT molecular complexity index is 441. The number of methoxy groups -OCH3 is 1. The number of carbonyl (C=O) groups excluding carboxylic acids is 1. The lowest BCUT2D eigenvalue weighted by atomic mass is 10.1. The highest BCUT2D eigenvalue weighted by atomic mass is 16.5. The second kappa shape index (κ2) is 5.45. The molecule has 1 aromatic carbocycles. The lowest BCUT2D eigenvalue weighted by Crippen LogP contribution is -1.95. The molecule has 0 saturated heterocycles. The third-order valence-corrected chi connectivity index (χ3v) is 1.64. The molecule has 76 valence electrons. The van der Waals surface area contributed by atoms with Gasteiger partial charge in [-0.25, -0.2) is 4.79 Å². The molecular formula is C11H9NO3. The predicted octanol–water partition coefficient (Wildman–Crippen LogP) is 1.02. The third kappa shape index (κ3) is 3.16. The summed E-state index contributed by atoms with van der Waals surface area (Å²) in [7, 11) is 1.26. The fourth-order valence-electron chi connectivity index (χ4n) is 0.955. The van der Waals surface area contributed by atoms with E-state index in [-0.39, 0.29) is 0 Å². The van der Waals surface area contributed by atoms with Gasteiger partial charge in [-0.3, -0.25) is 0 Å². The number of benzene rings is 1. The highest BCUT2D eigenvalue weighted by Gasteiger charge is 1.96. The Morgan fingerprint density at radius 1 is 1.53 bits per heavy atom. The van der Waals surface area contributed by atoms with Crippen LogP contribution < -0.4 is 0 Å². The summed E-state index contributed by atoms with van der Waals surface area (Å²) < 4.78 is 4.38. The zero-order valence-corrected chi connectivity index (χ0v) is 8.10. The van der Waals surface area contributed by atoms with Gasteiger partial charge in [-0.2, -0.15) is 0 Å². The molecule has 0 spiro atoms. The maximum atomic E-state index is 10.8. The van der Waals surface area contributed by atoms with Gasteiger partial charge in [0, 0.05) is 17.0 Å². The largest absolute Gasteiger partial charge is 0.459 e. The van der Waals surface area contributed by atoms with Gasteiger partial charge in [0.2, 0.25) is 0 Å². The van der Waals surface area contributed by atoms with Crippen molar-refractivity contribution in [3.63, 3.8) is 0 Å². The molecule has 0 amide bonds. The molecule has 15 heavy (non-hydrogen) atoms. The second-order valence-corrected chi connectivity index (χ2v) is 2.57. The van der Waals surface area contributed by atoms with Crippen molar-refractivity contribution < 1.29 is 14.7 Å². The van der Waals surface area contributed by atoms with Crippen LogP contribution in [-0.4, -0.2) is 24.5 Å². The number of esters is 1. The number of ether oxygens (including phenoxy) is 1. The highest BCUT2D eigenvalue weighted by Crippen LogP contribution is 2.04. The SMILES string of the molecule is COC(=O)C#Cc1ccccc1C=NO. The van der Waals surface area contributed by atoms with E-state index in [9.17, 15) is 4.79 Å². The molecule has 0 aliphatic carbocycles. The molecule has 4 nitrogen and oxygen atoms in total. The molecule has 0 saturated carbocycles. The van der Waals surface area contributed by atoms with Crippen molar-refractivity contribution in [2.24, 2.45) is 5.16 Å². The molecule has 0 unspecified atom stereocenters. The summed E-state index contributed by atoms with van der Waals surface area (Å²) in [4.78, 5) is 10.8. The quantitative estimate of drug-likeness (QED) is 0.244. The number of carbonyl (C=O) groups is 1. The first-order valence-corrected chi connectivity index (χ1v) is 4.14. The molecule has 0 radical (unpaired) electrons.